The maximum atomic E-state index is 13.0. The predicted octanol–water partition coefficient (Wildman–Crippen LogP) is 12.7. The summed E-state index contributed by atoms with van der Waals surface area (Å²) in [6, 6.07) is 50.6. The van der Waals surface area contributed by atoms with Gasteiger partial charge in [0.1, 0.15) is 31.1 Å². The molecule has 296 valence electrons. The Balaban J connectivity index is 0.000000166. The van der Waals surface area contributed by atoms with E-state index in [0.29, 0.717) is 56.5 Å². The van der Waals surface area contributed by atoms with Gasteiger partial charge in [0.2, 0.25) is 11.8 Å². The Morgan fingerprint density at radius 3 is 1.18 bits per heavy atom. The standard InChI is InChI=1S/2C24H17N2O3S.Zn/c2*1-16-10-13-18(14-11-16)30(27,28)26-21-15-12-17-6-2-3-7-19(17)23(21)24-25-20-8-4-5-9-22(20)29-24;/h2*2-15H,1H3;/q2*-1;+2. The van der Waals surface area contributed by atoms with Gasteiger partial charge in [0.15, 0.2) is 11.2 Å². The number of rotatable bonds is 8. The van der Waals surface area contributed by atoms with Crippen LogP contribution >= 0.6 is 0 Å². The first-order valence-corrected chi connectivity index (χ1v) is 21.8. The maximum absolute atomic E-state index is 13.0. The number of aromatic nitrogens is 2. The second-order valence-corrected chi connectivity index (χ2v) is 17.3. The quantitative estimate of drug-likeness (QED) is 0.137. The number of hydrogen-bond acceptors (Lipinski definition) is 8. The van der Waals surface area contributed by atoms with Crippen LogP contribution in [0, 0.1) is 13.8 Å². The zero-order valence-corrected chi connectivity index (χ0v) is 37.5. The fourth-order valence-electron chi connectivity index (χ4n) is 6.86. The normalized spacial score (nSPS) is 11.6. The molecule has 13 heteroatoms. The van der Waals surface area contributed by atoms with Gasteiger partial charge >= 0.3 is 19.5 Å². The van der Waals surface area contributed by atoms with Gasteiger partial charge in [-0.25, -0.2) is 26.8 Å². The average molecular weight is 892 g/mol. The first-order chi connectivity index (χ1) is 29.0. The summed E-state index contributed by atoms with van der Waals surface area (Å²) in [5, 5.41) is 3.54. The summed E-state index contributed by atoms with van der Waals surface area (Å²) in [7, 11) is -7.81. The Bertz CT molecular complexity index is 3150. The zero-order valence-electron chi connectivity index (χ0n) is 32.9. The number of hydrogen-bond donors (Lipinski definition) is 0. The van der Waals surface area contributed by atoms with Crippen molar-refractivity contribution in [3.8, 4) is 22.9 Å². The number of aryl methyl sites for hydroxylation is 2. The van der Waals surface area contributed by atoms with Crippen molar-refractivity contribution in [1.29, 1.82) is 0 Å². The van der Waals surface area contributed by atoms with Crippen LogP contribution in [0.15, 0.2) is 188 Å². The molecule has 0 radical (unpaired) electrons. The molecule has 0 aliphatic heterocycles. The van der Waals surface area contributed by atoms with Crippen molar-refractivity contribution in [2.45, 2.75) is 23.6 Å². The van der Waals surface area contributed by atoms with E-state index in [1.807, 2.05) is 123 Å². The summed E-state index contributed by atoms with van der Waals surface area (Å²) in [5.74, 6) is 0.678. The summed E-state index contributed by atoms with van der Waals surface area (Å²) in [5.41, 5.74) is 6.32. The van der Waals surface area contributed by atoms with Crippen LogP contribution in [-0.2, 0) is 39.5 Å². The van der Waals surface area contributed by atoms with Crippen molar-refractivity contribution in [2.24, 2.45) is 0 Å². The molecule has 0 amide bonds. The number of benzene rings is 8. The largest absolute Gasteiger partial charge is 2.00 e. The van der Waals surface area contributed by atoms with Crippen molar-refractivity contribution in [3.63, 3.8) is 0 Å². The van der Waals surface area contributed by atoms with E-state index in [4.69, 9.17) is 8.83 Å². The van der Waals surface area contributed by atoms with E-state index in [-0.39, 0.29) is 29.3 Å². The fourth-order valence-corrected chi connectivity index (χ4v) is 8.86. The van der Waals surface area contributed by atoms with Crippen LogP contribution in [0.4, 0.5) is 11.4 Å². The van der Waals surface area contributed by atoms with Crippen molar-refractivity contribution >= 4 is 75.2 Å². The van der Waals surface area contributed by atoms with Crippen LogP contribution in [0.25, 0.3) is 76.1 Å². The van der Waals surface area contributed by atoms with E-state index in [1.165, 1.54) is 0 Å². The minimum absolute atomic E-state index is 0. The van der Waals surface area contributed by atoms with Gasteiger partial charge in [0, 0.05) is 11.1 Å². The molecule has 0 unspecified atom stereocenters. The molecule has 0 aliphatic rings. The summed E-state index contributed by atoms with van der Waals surface area (Å²) in [6.07, 6.45) is 0. The van der Waals surface area contributed by atoms with E-state index in [0.717, 1.165) is 32.7 Å². The van der Waals surface area contributed by atoms with Gasteiger partial charge in [-0.1, -0.05) is 132 Å². The number of para-hydroxylation sites is 4. The molecular weight excluding hydrogens is 858 g/mol. The van der Waals surface area contributed by atoms with Gasteiger partial charge < -0.3 is 18.3 Å². The minimum Gasteiger partial charge on any atom is -0.572 e. The van der Waals surface area contributed by atoms with Gasteiger partial charge in [0.25, 0.3) is 0 Å². The Hall–Kier alpha value is -6.66. The van der Waals surface area contributed by atoms with Gasteiger partial charge in [-0.05, 0) is 83.9 Å². The number of sulfonamides is 2. The Morgan fingerprint density at radius 1 is 0.426 bits per heavy atom. The van der Waals surface area contributed by atoms with Crippen LogP contribution in [0.2, 0.25) is 0 Å². The average Bonchev–Trinajstić information content (AvgIpc) is 3.88. The maximum Gasteiger partial charge on any atom is 2.00 e. The number of nitrogens with zero attached hydrogens (tertiary/aromatic N) is 4. The van der Waals surface area contributed by atoms with E-state index >= 15 is 0 Å². The Kier molecular flexibility index (Phi) is 11.3. The number of oxazole rings is 2. The van der Waals surface area contributed by atoms with Gasteiger partial charge in [-0.2, -0.15) is 0 Å². The number of fused-ring (bicyclic) bond motifs is 4. The third-order valence-electron chi connectivity index (χ3n) is 9.90. The molecule has 61 heavy (non-hydrogen) atoms. The molecular formula is C48H34N4O6S2Zn. The first-order valence-electron chi connectivity index (χ1n) is 18.9. The van der Waals surface area contributed by atoms with Crippen molar-refractivity contribution < 1.29 is 45.1 Å². The molecule has 10 aromatic rings. The molecule has 8 aromatic carbocycles. The second-order valence-electron chi connectivity index (χ2n) is 14.1. The van der Waals surface area contributed by atoms with Crippen LogP contribution in [0.5, 0.6) is 0 Å². The van der Waals surface area contributed by atoms with E-state index in [2.05, 4.69) is 19.4 Å². The summed E-state index contributed by atoms with van der Waals surface area (Å²) < 4.78 is 72.2. The van der Waals surface area contributed by atoms with Crippen LogP contribution < -0.4 is 0 Å². The molecule has 10 nitrogen and oxygen atoms in total. The molecule has 0 saturated heterocycles. The van der Waals surface area contributed by atoms with Gasteiger partial charge in [-0.15, -0.1) is 11.4 Å². The third kappa shape index (κ3) is 8.41. The molecule has 2 heterocycles. The SMILES string of the molecule is Cc1ccc(S(=O)(=O)[N-]c2ccc3ccccc3c2-c2nc3ccccc3o2)cc1.Cc1ccc(S(=O)(=O)[N-]c2ccc3ccccc3c2-c2nc3ccccc3o2)cc1.[Zn+2]. The second kappa shape index (κ2) is 16.8. The first kappa shape index (κ1) is 41.1. The molecule has 0 aliphatic carbocycles. The smallest absolute Gasteiger partial charge is 0.572 e. The van der Waals surface area contributed by atoms with Crippen molar-refractivity contribution in [3.05, 3.63) is 190 Å². The van der Waals surface area contributed by atoms with Crippen molar-refractivity contribution in [2.75, 3.05) is 0 Å². The minimum atomic E-state index is -3.90. The van der Waals surface area contributed by atoms with E-state index in [9.17, 15) is 16.8 Å². The molecule has 0 atom stereocenters. The zero-order chi connectivity index (χ0) is 41.4. The van der Waals surface area contributed by atoms with Crippen LogP contribution in [0.3, 0.4) is 0 Å². The van der Waals surface area contributed by atoms with Gasteiger partial charge in [0.05, 0.1) is 9.79 Å². The summed E-state index contributed by atoms with van der Waals surface area (Å²) >= 11 is 0. The molecule has 0 bridgehead atoms. The van der Waals surface area contributed by atoms with E-state index in [1.54, 1.807) is 60.7 Å². The van der Waals surface area contributed by atoms with Crippen LogP contribution in [-0.4, -0.2) is 26.8 Å². The predicted molar refractivity (Wildman–Crippen MR) is 237 cm³/mol. The summed E-state index contributed by atoms with van der Waals surface area (Å²) in [4.78, 5) is 9.46. The molecule has 10 rings (SSSR count). The van der Waals surface area contributed by atoms with Gasteiger partial charge in [-0.3, -0.25) is 0 Å². The third-order valence-corrected chi connectivity index (χ3v) is 12.5. The molecule has 2 aromatic heterocycles. The summed E-state index contributed by atoms with van der Waals surface area (Å²) in [6.45, 7) is 3.81. The monoisotopic (exact) mass is 890 g/mol. The molecule has 0 fully saturated rings. The molecule has 0 saturated carbocycles. The topological polar surface area (TPSA) is 149 Å². The molecule has 0 spiro atoms. The fraction of sp³-hybridized carbons (Fsp3) is 0.0417. The van der Waals surface area contributed by atoms with Crippen LogP contribution in [0.1, 0.15) is 11.1 Å². The Labute approximate surface area is 365 Å². The van der Waals surface area contributed by atoms with E-state index < -0.39 is 20.0 Å². The molecule has 0 N–H and O–H groups in total. The van der Waals surface area contributed by atoms with Crippen molar-refractivity contribution in [1.82, 2.24) is 9.97 Å². The Morgan fingerprint density at radius 2 is 0.787 bits per heavy atom.